The maximum Gasteiger partial charge on any atom is 0.412 e. The Kier molecular flexibility index (Phi) is 5.02. The molecule has 0 unspecified atom stereocenters. The highest BCUT2D eigenvalue weighted by Gasteiger charge is 2.43. The molecular formula is C16H17F3N6O2. The van der Waals surface area contributed by atoms with E-state index >= 15 is 0 Å². The topological polar surface area (TPSA) is 103 Å². The molecule has 3 amide bonds. The van der Waals surface area contributed by atoms with Crippen molar-refractivity contribution in [1.82, 2.24) is 30.7 Å². The predicted octanol–water partition coefficient (Wildman–Crippen LogP) is 1.54. The molecule has 3 heterocycles. The summed E-state index contributed by atoms with van der Waals surface area (Å²) in [7, 11) is 1.44. The number of carbonyl (C=O) groups excluding carboxylic acids is 2. The number of amides is 3. The zero-order valence-corrected chi connectivity index (χ0v) is 14.3. The van der Waals surface area contributed by atoms with Crippen molar-refractivity contribution >= 4 is 11.9 Å². The third kappa shape index (κ3) is 3.86. The molecule has 2 aromatic rings. The second kappa shape index (κ2) is 7.25. The summed E-state index contributed by atoms with van der Waals surface area (Å²) in [6.45, 7) is 0.184. The van der Waals surface area contributed by atoms with Gasteiger partial charge in [-0.15, -0.1) is 0 Å². The van der Waals surface area contributed by atoms with Crippen LogP contribution >= 0.6 is 0 Å². The summed E-state index contributed by atoms with van der Waals surface area (Å²) in [5.74, 6) is -0.432. The lowest BCUT2D eigenvalue weighted by Crippen LogP contribution is -2.47. The molecule has 11 heteroatoms. The van der Waals surface area contributed by atoms with Crippen LogP contribution in [-0.2, 0) is 13.0 Å². The van der Waals surface area contributed by atoms with Gasteiger partial charge in [-0.1, -0.05) is 6.07 Å². The minimum atomic E-state index is -4.68. The number of pyridine rings is 1. The van der Waals surface area contributed by atoms with Crippen molar-refractivity contribution in [1.29, 1.82) is 0 Å². The number of urea groups is 1. The lowest BCUT2D eigenvalue weighted by molar-refractivity contribution is -0.155. The van der Waals surface area contributed by atoms with Gasteiger partial charge in [0.15, 0.2) is 11.7 Å². The first-order chi connectivity index (χ1) is 12.8. The molecule has 0 fully saturated rings. The van der Waals surface area contributed by atoms with E-state index in [4.69, 9.17) is 0 Å². The molecule has 1 aliphatic rings. The van der Waals surface area contributed by atoms with Crippen LogP contribution in [0.25, 0.3) is 0 Å². The third-order valence-corrected chi connectivity index (χ3v) is 4.28. The Morgan fingerprint density at radius 2 is 2.15 bits per heavy atom. The van der Waals surface area contributed by atoms with Crippen LogP contribution in [0, 0.1) is 0 Å². The van der Waals surface area contributed by atoms with E-state index < -0.39 is 24.2 Å². The molecule has 144 valence electrons. The van der Waals surface area contributed by atoms with Crippen LogP contribution in [0.5, 0.6) is 0 Å². The van der Waals surface area contributed by atoms with Gasteiger partial charge in [-0.2, -0.15) is 18.3 Å². The van der Waals surface area contributed by atoms with Crippen LogP contribution < -0.4 is 10.6 Å². The first-order valence-corrected chi connectivity index (χ1v) is 8.11. The van der Waals surface area contributed by atoms with Gasteiger partial charge in [0.05, 0.1) is 6.54 Å². The average molecular weight is 382 g/mol. The smallest absolute Gasteiger partial charge is 0.354 e. The second-order valence-electron chi connectivity index (χ2n) is 5.99. The number of halogens is 3. The minimum Gasteiger partial charge on any atom is -0.354 e. The number of nitrogens with zero attached hydrogens (tertiary/aromatic N) is 3. The zero-order valence-electron chi connectivity index (χ0n) is 14.3. The Morgan fingerprint density at radius 1 is 1.37 bits per heavy atom. The van der Waals surface area contributed by atoms with E-state index in [1.54, 1.807) is 0 Å². The van der Waals surface area contributed by atoms with Gasteiger partial charge >= 0.3 is 12.2 Å². The van der Waals surface area contributed by atoms with Crippen molar-refractivity contribution in [3.63, 3.8) is 0 Å². The largest absolute Gasteiger partial charge is 0.412 e. The van der Waals surface area contributed by atoms with Crippen molar-refractivity contribution in [2.75, 3.05) is 13.6 Å². The molecule has 1 aliphatic heterocycles. The molecule has 0 saturated carbocycles. The Morgan fingerprint density at radius 3 is 2.78 bits per heavy atom. The lowest BCUT2D eigenvalue weighted by Gasteiger charge is -2.30. The summed E-state index contributed by atoms with van der Waals surface area (Å²) in [4.78, 5) is 29.2. The molecule has 2 aromatic heterocycles. The van der Waals surface area contributed by atoms with E-state index in [1.165, 1.54) is 30.3 Å². The lowest BCUT2D eigenvalue weighted by atomic mass is 10.0. The van der Waals surface area contributed by atoms with E-state index in [-0.39, 0.29) is 24.3 Å². The van der Waals surface area contributed by atoms with Gasteiger partial charge in [0, 0.05) is 49.2 Å². The van der Waals surface area contributed by atoms with Crippen molar-refractivity contribution < 1.29 is 22.8 Å². The fourth-order valence-corrected chi connectivity index (χ4v) is 2.89. The number of hydrogen-bond donors (Lipinski definition) is 3. The first kappa shape index (κ1) is 18.7. The normalized spacial score (nSPS) is 15.0. The van der Waals surface area contributed by atoms with Gasteiger partial charge in [-0.3, -0.25) is 14.9 Å². The molecule has 0 spiro atoms. The van der Waals surface area contributed by atoms with Gasteiger partial charge in [-0.25, -0.2) is 4.79 Å². The van der Waals surface area contributed by atoms with E-state index in [2.05, 4.69) is 20.5 Å². The van der Waals surface area contributed by atoms with Crippen molar-refractivity contribution in [2.45, 2.75) is 25.2 Å². The quantitative estimate of drug-likeness (QED) is 0.749. The Balaban J connectivity index is 1.78. The molecular weight excluding hydrogens is 365 g/mol. The fourth-order valence-electron chi connectivity index (χ4n) is 2.89. The predicted molar refractivity (Wildman–Crippen MR) is 87.7 cm³/mol. The molecule has 0 saturated heterocycles. The number of fused-ring (bicyclic) bond motifs is 1. The number of aromatic nitrogens is 3. The number of H-pyrrole nitrogens is 1. The highest BCUT2D eigenvalue weighted by Crippen LogP contribution is 2.32. The van der Waals surface area contributed by atoms with Gasteiger partial charge in [-0.05, 0) is 6.07 Å². The average Bonchev–Trinajstić information content (AvgIpc) is 3.08. The maximum absolute atomic E-state index is 13.4. The summed E-state index contributed by atoms with van der Waals surface area (Å²) in [6.07, 6.45) is -1.91. The van der Waals surface area contributed by atoms with Crippen LogP contribution in [0.1, 0.15) is 33.4 Å². The van der Waals surface area contributed by atoms with Crippen molar-refractivity contribution in [2.24, 2.45) is 0 Å². The van der Waals surface area contributed by atoms with E-state index in [0.29, 0.717) is 17.7 Å². The van der Waals surface area contributed by atoms with Crippen LogP contribution in [0.2, 0.25) is 0 Å². The number of rotatable bonds is 3. The molecule has 27 heavy (non-hydrogen) atoms. The standard InChI is InChI=1S/C16H17F3N6O2/c1-20-14(26)12-10-8-25(6-4-11(10)23-24-12)15(27)22-13(16(17,18)19)9-3-2-5-21-7-9/h2-3,5,7,13H,4,6,8H2,1H3,(H,20,26)(H,22,27)(H,23,24)/t13-/m0/s1. The number of carbonyl (C=O) groups is 2. The first-order valence-electron chi connectivity index (χ1n) is 8.11. The second-order valence-corrected chi connectivity index (χ2v) is 5.99. The van der Waals surface area contributed by atoms with Crippen LogP contribution in [0.3, 0.4) is 0 Å². The molecule has 0 bridgehead atoms. The number of nitrogens with one attached hydrogen (secondary N) is 3. The fraction of sp³-hybridized carbons (Fsp3) is 0.375. The van der Waals surface area contributed by atoms with Gasteiger partial charge in [0.25, 0.3) is 5.91 Å². The zero-order chi connectivity index (χ0) is 19.6. The van der Waals surface area contributed by atoms with Crippen molar-refractivity contribution in [3.8, 4) is 0 Å². The van der Waals surface area contributed by atoms with Gasteiger partial charge < -0.3 is 15.5 Å². The Labute approximate surface area is 152 Å². The Hall–Kier alpha value is -3.11. The van der Waals surface area contributed by atoms with Gasteiger partial charge in [0.1, 0.15) is 0 Å². The van der Waals surface area contributed by atoms with E-state index in [9.17, 15) is 22.8 Å². The molecule has 3 rings (SSSR count). The maximum atomic E-state index is 13.4. The summed E-state index contributed by atoms with van der Waals surface area (Å²) in [6, 6.07) is -0.438. The number of hydrogen-bond acceptors (Lipinski definition) is 4. The summed E-state index contributed by atoms with van der Waals surface area (Å²) in [5.41, 5.74) is 1.16. The highest BCUT2D eigenvalue weighted by molar-refractivity contribution is 5.94. The van der Waals surface area contributed by atoms with Crippen LogP contribution in [0.15, 0.2) is 24.5 Å². The van der Waals surface area contributed by atoms with Crippen LogP contribution in [-0.4, -0.2) is 51.8 Å². The van der Waals surface area contributed by atoms with E-state index in [0.717, 1.165) is 6.20 Å². The summed E-state index contributed by atoms with van der Waals surface area (Å²) >= 11 is 0. The molecule has 0 aliphatic carbocycles. The monoisotopic (exact) mass is 382 g/mol. The molecule has 1 atom stereocenters. The Bertz CT molecular complexity index is 836. The third-order valence-electron chi connectivity index (χ3n) is 4.28. The summed E-state index contributed by atoms with van der Waals surface area (Å²) < 4.78 is 40.2. The SMILES string of the molecule is CNC(=O)c1n[nH]c2c1CN(C(=O)N[C@@H](c1cccnc1)C(F)(F)F)CC2. The van der Waals surface area contributed by atoms with Gasteiger partial charge in [0.2, 0.25) is 0 Å². The highest BCUT2D eigenvalue weighted by atomic mass is 19.4. The number of alkyl halides is 3. The van der Waals surface area contributed by atoms with Crippen LogP contribution in [0.4, 0.5) is 18.0 Å². The van der Waals surface area contributed by atoms with E-state index in [1.807, 2.05) is 5.32 Å². The molecule has 0 radical (unpaired) electrons. The molecule has 0 aromatic carbocycles. The minimum absolute atomic E-state index is 0.0158. The molecule has 8 nitrogen and oxygen atoms in total. The number of aromatic amines is 1. The molecule has 3 N–H and O–H groups in total. The van der Waals surface area contributed by atoms with Crippen molar-refractivity contribution in [3.05, 3.63) is 47.0 Å². The summed E-state index contributed by atoms with van der Waals surface area (Å²) in [5, 5.41) is 11.1.